The van der Waals surface area contributed by atoms with Crippen LogP contribution in [0.2, 0.25) is 0 Å². The van der Waals surface area contributed by atoms with E-state index < -0.39 is 10.0 Å². The molecule has 1 aromatic heterocycles. The number of hydrogen-bond acceptors (Lipinski definition) is 7. The molecule has 1 saturated heterocycles. The average molecular weight is 441 g/mol. The topological polar surface area (TPSA) is 77.1 Å². The van der Waals surface area contributed by atoms with Crippen LogP contribution >= 0.6 is 11.3 Å². The summed E-state index contributed by atoms with van der Waals surface area (Å²) < 4.78 is 44.6. The fourth-order valence-electron chi connectivity index (χ4n) is 3.13. The molecule has 9 heteroatoms. The van der Waals surface area contributed by atoms with Gasteiger partial charge >= 0.3 is 0 Å². The summed E-state index contributed by atoms with van der Waals surface area (Å²) in [6.07, 6.45) is 0. The third-order valence-electron chi connectivity index (χ3n) is 4.66. The van der Waals surface area contributed by atoms with Crippen LogP contribution < -0.4 is 9.46 Å². The van der Waals surface area contributed by atoms with Gasteiger partial charge in [-0.2, -0.15) is 0 Å². The lowest BCUT2D eigenvalue weighted by Gasteiger charge is -2.34. The number of ether oxygens (including phenoxy) is 3. The minimum Gasteiger partial charge on any atom is -0.491 e. The summed E-state index contributed by atoms with van der Waals surface area (Å²) in [6, 6.07) is 10.5. The van der Waals surface area contributed by atoms with Crippen LogP contribution in [0.1, 0.15) is 17.8 Å². The molecule has 3 rings (SSSR count). The van der Waals surface area contributed by atoms with E-state index in [4.69, 9.17) is 14.2 Å². The van der Waals surface area contributed by atoms with Gasteiger partial charge in [0.05, 0.1) is 30.8 Å². The maximum absolute atomic E-state index is 12.8. The van der Waals surface area contributed by atoms with E-state index in [-0.39, 0.29) is 10.9 Å². The van der Waals surface area contributed by atoms with Crippen LogP contribution in [0.5, 0.6) is 5.75 Å². The van der Waals surface area contributed by atoms with Crippen LogP contribution in [0, 0.1) is 0 Å². The first-order chi connectivity index (χ1) is 14.1. The summed E-state index contributed by atoms with van der Waals surface area (Å²) >= 11 is 1.64. The van der Waals surface area contributed by atoms with Crippen LogP contribution in [0.15, 0.2) is 46.7 Å². The fourth-order valence-corrected chi connectivity index (χ4v) is 5.03. The van der Waals surface area contributed by atoms with Crippen molar-refractivity contribution >= 4 is 21.4 Å². The Morgan fingerprint density at radius 1 is 1.17 bits per heavy atom. The fraction of sp³-hybridized carbons (Fsp3) is 0.500. The Hall–Kier alpha value is -1.49. The number of benzene rings is 1. The first-order valence-corrected chi connectivity index (χ1v) is 12.1. The Bertz CT molecular complexity index is 819. The molecular formula is C20H28N2O5S2. The van der Waals surface area contributed by atoms with E-state index in [9.17, 15) is 8.42 Å². The van der Waals surface area contributed by atoms with Crippen LogP contribution in [0.25, 0.3) is 0 Å². The van der Waals surface area contributed by atoms with E-state index >= 15 is 0 Å². The highest BCUT2D eigenvalue weighted by Crippen LogP contribution is 2.26. The normalized spacial score (nSPS) is 16.6. The number of nitrogens with one attached hydrogen (secondary N) is 1. The van der Waals surface area contributed by atoms with Crippen molar-refractivity contribution in [2.45, 2.75) is 17.9 Å². The van der Waals surface area contributed by atoms with E-state index in [1.165, 1.54) is 0 Å². The number of hydrogen-bond donors (Lipinski definition) is 1. The molecule has 29 heavy (non-hydrogen) atoms. The summed E-state index contributed by atoms with van der Waals surface area (Å²) in [5, 5.41) is 2.02. The number of thiophene rings is 1. The molecule has 1 N–H and O–H groups in total. The van der Waals surface area contributed by atoms with Crippen molar-refractivity contribution in [2.24, 2.45) is 0 Å². The molecule has 0 saturated carbocycles. The Balaban J connectivity index is 1.61. The quantitative estimate of drug-likeness (QED) is 0.541. The van der Waals surface area contributed by atoms with Crippen molar-refractivity contribution in [1.29, 1.82) is 0 Å². The summed E-state index contributed by atoms with van der Waals surface area (Å²) in [5.41, 5.74) is 0. The van der Waals surface area contributed by atoms with Gasteiger partial charge in [-0.15, -0.1) is 11.3 Å². The maximum atomic E-state index is 12.8. The van der Waals surface area contributed by atoms with Gasteiger partial charge in [-0.05, 0) is 42.6 Å². The molecule has 7 nitrogen and oxygen atoms in total. The van der Waals surface area contributed by atoms with E-state index in [2.05, 4.69) is 9.62 Å². The second kappa shape index (κ2) is 11.1. The van der Waals surface area contributed by atoms with Gasteiger partial charge in [-0.25, -0.2) is 13.1 Å². The molecule has 1 aliphatic rings. The maximum Gasteiger partial charge on any atom is 0.240 e. The zero-order valence-corrected chi connectivity index (χ0v) is 18.2. The lowest BCUT2D eigenvalue weighted by molar-refractivity contribution is 0.0179. The van der Waals surface area contributed by atoms with Gasteiger partial charge in [0.15, 0.2) is 0 Å². The summed E-state index contributed by atoms with van der Waals surface area (Å²) in [4.78, 5) is 3.64. The smallest absolute Gasteiger partial charge is 0.240 e. The molecule has 1 fully saturated rings. The monoisotopic (exact) mass is 440 g/mol. The number of sulfonamides is 1. The third kappa shape index (κ3) is 6.50. The second-order valence-electron chi connectivity index (χ2n) is 6.55. The van der Waals surface area contributed by atoms with Gasteiger partial charge < -0.3 is 14.2 Å². The molecule has 0 radical (unpaired) electrons. The minimum absolute atomic E-state index is 0.00477. The first kappa shape index (κ1) is 22.2. The lowest BCUT2D eigenvalue weighted by atomic mass is 10.2. The highest BCUT2D eigenvalue weighted by atomic mass is 32.2. The van der Waals surface area contributed by atoms with E-state index in [0.717, 1.165) is 18.0 Å². The Kier molecular flexibility index (Phi) is 8.46. The molecule has 1 atom stereocenters. The van der Waals surface area contributed by atoms with Crippen LogP contribution in [-0.4, -0.2) is 66.0 Å². The Morgan fingerprint density at radius 2 is 1.93 bits per heavy atom. The van der Waals surface area contributed by atoms with Crippen molar-refractivity contribution in [1.82, 2.24) is 9.62 Å². The average Bonchev–Trinajstić information content (AvgIpc) is 3.27. The van der Waals surface area contributed by atoms with Gasteiger partial charge in [-0.1, -0.05) is 6.07 Å². The second-order valence-corrected chi connectivity index (χ2v) is 9.29. The van der Waals surface area contributed by atoms with Crippen LogP contribution in [-0.2, 0) is 19.5 Å². The molecule has 0 spiro atoms. The highest BCUT2D eigenvalue weighted by Gasteiger charge is 2.25. The predicted molar refractivity (Wildman–Crippen MR) is 113 cm³/mol. The number of rotatable bonds is 11. The summed E-state index contributed by atoms with van der Waals surface area (Å²) in [7, 11) is -3.61. The summed E-state index contributed by atoms with van der Waals surface area (Å²) in [6.45, 7) is 6.73. The predicted octanol–water partition coefficient (Wildman–Crippen LogP) is 2.52. The Morgan fingerprint density at radius 3 is 2.59 bits per heavy atom. The van der Waals surface area contributed by atoms with Gasteiger partial charge in [0, 0.05) is 31.1 Å². The zero-order chi connectivity index (χ0) is 20.5. The highest BCUT2D eigenvalue weighted by molar-refractivity contribution is 7.89. The van der Waals surface area contributed by atoms with Gasteiger partial charge in [0.2, 0.25) is 10.0 Å². The van der Waals surface area contributed by atoms with Crippen molar-refractivity contribution in [2.75, 3.05) is 52.7 Å². The molecule has 0 bridgehead atoms. The molecule has 2 heterocycles. The molecule has 1 unspecified atom stereocenters. The molecule has 1 aliphatic heterocycles. The van der Waals surface area contributed by atoms with Crippen LogP contribution in [0.3, 0.4) is 0 Å². The van der Waals surface area contributed by atoms with E-state index in [0.29, 0.717) is 45.3 Å². The Labute approximate surface area is 176 Å². The van der Waals surface area contributed by atoms with Gasteiger partial charge in [0.25, 0.3) is 0 Å². The van der Waals surface area contributed by atoms with Gasteiger partial charge in [-0.3, -0.25) is 4.90 Å². The van der Waals surface area contributed by atoms with E-state index in [1.807, 2.05) is 24.4 Å². The first-order valence-electron chi connectivity index (χ1n) is 9.75. The molecule has 1 aromatic carbocycles. The third-order valence-corrected chi connectivity index (χ3v) is 7.07. The lowest BCUT2D eigenvalue weighted by Crippen LogP contribution is -2.43. The van der Waals surface area contributed by atoms with Crippen LogP contribution in [0.4, 0.5) is 0 Å². The molecular weight excluding hydrogens is 412 g/mol. The SMILES string of the molecule is CCOCCOc1ccc(S(=O)(=O)NCC(c2cccs2)N2CCOCC2)cc1. The van der Waals surface area contributed by atoms with Crippen molar-refractivity contribution < 1.29 is 22.6 Å². The minimum atomic E-state index is -3.61. The molecule has 160 valence electrons. The van der Waals surface area contributed by atoms with Crippen molar-refractivity contribution in [3.8, 4) is 5.75 Å². The van der Waals surface area contributed by atoms with Gasteiger partial charge in [0.1, 0.15) is 12.4 Å². The number of nitrogens with zero attached hydrogens (tertiary/aromatic N) is 1. The van der Waals surface area contributed by atoms with Crippen molar-refractivity contribution in [3.05, 3.63) is 46.7 Å². The standard InChI is InChI=1S/C20H28N2O5S2/c1-2-25-13-14-27-17-5-7-18(8-6-17)29(23,24)21-16-19(20-4-3-15-28-20)22-9-11-26-12-10-22/h3-8,15,19,21H,2,9-14,16H2,1H3. The molecule has 2 aromatic rings. The van der Waals surface area contributed by atoms with E-state index in [1.54, 1.807) is 35.6 Å². The summed E-state index contributed by atoms with van der Waals surface area (Å²) in [5.74, 6) is 0.619. The zero-order valence-electron chi connectivity index (χ0n) is 16.6. The molecule has 0 amide bonds. The number of morpholine rings is 1. The molecule has 0 aliphatic carbocycles. The van der Waals surface area contributed by atoms with Crippen molar-refractivity contribution in [3.63, 3.8) is 0 Å². The largest absolute Gasteiger partial charge is 0.491 e.